The lowest BCUT2D eigenvalue weighted by Gasteiger charge is -2.17. The van der Waals surface area contributed by atoms with Gasteiger partial charge in [0.25, 0.3) is 0 Å². The molecule has 0 bridgehead atoms. The molecule has 2 unspecified atom stereocenters. The fraction of sp³-hybridized carbons (Fsp3) is 0.769. The van der Waals surface area contributed by atoms with Crippen LogP contribution in [0.1, 0.15) is 40.5 Å². The highest BCUT2D eigenvalue weighted by atomic mass is 16.5. The maximum Gasteiger partial charge on any atom is 0.322 e. The maximum atomic E-state index is 5.08. The summed E-state index contributed by atoms with van der Waals surface area (Å²) in [5.74, 6) is 1.77. The maximum absolute atomic E-state index is 5.08. The predicted molar refractivity (Wildman–Crippen MR) is 77.7 cm³/mol. The predicted octanol–water partition coefficient (Wildman–Crippen LogP) is 2.55. The fourth-order valence-corrected chi connectivity index (χ4v) is 1.80. The molecule has 1 aromatic heterocycles. The molecule has 6 heteroatoms. The molecule has 2 atom stereocenters. The molecule has 0 saturated heterocycles. The Morgan fingerprint density at radius 3 is 2.37 bits per heavy atom. The van der Waals surface area contributed by atoms with Gasteiger partial charge in [0.15, 0.2) is 0 Å². The van der Waals surface area contributed by atoms with Crippen molar-refractivity contribution in [2.45, 2.75) is 46.6 Å². The van der Waals surface area contributed by atoms with Gasteiger partial charge in [-0.15, -0.1) is 0 Å². The first-order chi connectivity index (χ1) is 9.08. The Balaban J connectivity index is 2.73. The summed E-state index contributed by atoms with van der Waals surface area (Å²) in [6.07, 6.45) is 2.26. The summed E-state index contributed by atoms with van der Waals surface area (Å²) in [6.45, 7) is 9.34. The van der Waals surface area contributed by atoms with Crippen LogP contribution in [-0.2, 0) is 0 Å². The quantitative estimate of drug-likeness (QED) is 0.754. The van der Waals surface area contributed by atoms with Gasteiger partial charge in [0.1, 0.15) is 0 Å². The molecule has 0 aliphatic heterocycles. The molecule has 108 valence electrons. The molecule has 0 amide bonds. The first-order valence-corrected chi connectivity index (χ1v) is 6.89. The van der Waals surface area contributed by atoms with Gasteiger partial charge in [-0.3, -0.25) is 0 Å². The summed E-state index contributed by atoms with van der Waals surface area (Å²) >= 11 is 0. The van der Waals surface area contributed by atoms with Crippen LogP contribution in [0.3, 0.4) is 0 Å². The minimum Gasteiger partial charge on any atom is -0.467 e. The number of rotatable bonds is 8. The molecule has 19 heavy (non-hydrogen) atoms. The third kappa shape index (κ3) is 5.28. The molecular formula is C13H25N5O. The molecule has 0 aromatic carbocycles. The average Bonchev–Trinajstić information content (AvgIpc) is 2.38. The molecule has 0 fully saturated rings. The first kappa shape index (κ1) is 15.5. The zero-order valence-corrected chi connectivity index (χ0v) is 12.5. The molecule has 0 saturated carbocycles. The van der Waals surface area contributed by atoms with E-state index in [1.807, 2.05) is 6.92 Å². The zero-order chi connectivity index (χ0) is 14.3. The molecule has 1 rings (SSSR count). The summed E-state index contributed by atoms with van der Waals surface area (Å²) in [4.78, 5) is 12.7. The van der Waals surface area contributed by atoms with E-state index in [2.05, 4.69) is 46.4 Å². The number of hydrogen-bond donors (Lipinski definition) is 2. The van der Waals surface area contributed by atoms with Crippen LogP contribution in [0.4, 0.5) is 11.9 Å². The van der Waals surface area contributed by atoms with E-state index >= 15 is 0 Å². The van der Waals surface area contributed by atoms with Gasteiger partial charge >= 0.3 is 6.01 Å². The van der Waals surface area contributed by atoms with Gasteiger partial charge in [0.05, 0.1) is 7.11 Å². The van der Waals surface area contributed by atoms with Gasteiger partial charge in [-0.05, 0) is 26.2 Å². The second-order valence-electron chi connectivity index (χ2n) is 4.79. The van der Waals surface area contributed by atoms with Crippen molar-refractivity contribution in [3.05, 3.63) is 0 Å². The highest BCUT2D eigenvalue weighted by molar-refractivity contribution is 5.36. The fourth-order valence-electron chi connectivity index (χ4n) is 1.80. The Kier molecular flexibility index (Phi) is 6.32. The monoisotopic (exact) mass is 267 g/mol. The first-order valence-electron chi connectivity index (χ1n) is 6.89. The number of nitrogens with one attached hydrogen (secondary N) is 2. The van der Waals surface area contributed by atoms with Crippen molar-refractivity contribution in [2.24, 2.45) is 5.92 Å². The summed E-state index contributed by atoms with van der Waals surface area (Å²) in [7, 11) is 1.55. The summed E-state index contributed by atoms with van der Waals surface area (Å²) in [5.41, 5.74) is 0. The van der Waals surface area contributed by atoms with Crippen LogP contribution < -0.4 is 15.4 Å². The molecule has 2 N–H and O–H groups in total. The van der Waals surface area contributed by atoms with Crippen molar-refractivity contribution < 1.29 is 4.74 Å². The average molecular weight is 267 g/mol. The normalized spacial score (nSPS) is 13.7. The van der Waals surface area contributed by atoms with Crippen LogP contribution in [0.25, 0.3) is 0 Å². The standard InChI is InChI=1S/C13H25N5O/c1-6-9(3)8-10(4)15-12-16-11(14-7-2)17-13(18-12)19-5/h9-10H,6-8H2,1-5H3,(H2,14,15,16,17,18). The van der Waals surface area contributed by atoms with E-state index in [0.717, 1.165) is 13.0 Å². The van der Waals surface area contributed by atoms with Crippen molar-refractivity contribution >= 4 is 11.9 Å². The lowest BCUT2D eigenvalue weighted by Crippen LogP contribution is -2.20. The van der Waals surface area contributed by atoms with E-state index in [1.165, 1.54) is 6.42 Å². The molecule has 0 aliphatic rings. The Bertz CT molecular complexity index is 385. The van der Waals surface area contributed by atoms with Gasteiger partial charge in [-0.2, -0.15) is 15.0 Å². The molecule has 0 radical (unpaired) electrons. The van der Waals surface area contributed by atoms with Gasteiger partial charge in [-0.1, -0.05) is 20.3 Å². The van der Waals surface area contributed by atoms with Crippen LogP contribution in [-0.4, -0.2) is 34.6 Å². The van der Waals surface area contributed by atoms with E-state index in [0.29, 0.717) is 29.9 Å². The topological polar surface area (TPSA) is 72.0 Å². The number of hydrogen-bond acceptors (Lipinski definition) is 6. The number of methoxy groups -OCH3 is 1. The summed E-state index contributed by atoms with van der Waals surface area (Å²) in [6, 6.07) is 0.640. The smallest absolute Gasteiger partial charge is 0.322 e. The van der Waals surface area contributed by atoms with E-state index < -0.39 is 0 Å². The number of anilines is 2. The molecule has 1 heterocycles. The summed E-state index contributed by atoms with van der Waals surface area (Å²) < 4.78 is 5.08. The van der Waals surface area contributed by atoms with Crippen LogP contribution in [0.2, 0.25) is 0 Å². The van der Waals surface area contributed by atoms with Crippen LogP contribution in [0.5, 0.6) is 6.01 Å². The van der Waals surface area contributed by atoms with Crippen molar-refractivity contribution in [2.75, 3.05) is 24.3 Å². The third-order valence-corrected chi connectivity index (χ3v) is 2.96. The summed E-state index contributed by atoms with van der Waals surface area (Å²) in [5, 5.41) is 6.36. The molecule has 0 aliphatic carbocycles. The van der Waals surface area contributed by atoms with Gasteiger partial charge in [0, 0.05) is 12.6 Å². The SMILES string of the molecule is CCNc1nc(NC(C)CC(C)CC)nc(OC)n1. The van der Waals surface area contributed by atoms with Crippen molar-refractivity contribution in [1.82, 2.24) is 15.0 Å². The third-order valence-electron chi connectivity index (χ3n) is 2.96. The van der Waals surface area contributed by atoms with Gasteiger partial charge < -0.3 is 15.4 Å². The Morgan fingerprint density at radius 2 is 1.79 bits per heavy atom. The zero-order valence-electron chi connectivity index (χ0n) is 12.5. The molecule has 6 nitrogen and oxygen atoms in total. The molecule has 0 spiro atoms. The Labute approximate surface area is 115 Å². The lowest BCUT2D eigenvalue weighted by molar-refractivity contribution is 0.379. The number of ether oxygens (including phenoxy) is 1. The highest BCUT2D eigenvalue weighted by Gasteiger charge is 2.11. The molecule has 1 aromatic rings. The van der Waals surface area contributed by atoms with Gasteiger partial charge in [-0.25, -0.2) is 0 Å². The van der Waals surface area contributed by atoms with Crippen molar-refractivity contribution in [3.63, 3.8) is 0 Å². The van der Waals surface area contributed by atoms with Crippen LogP contribution in [0.15, 0.2) is 0 Å². The molecular weight excluding hydrogens is 242 g/mol. The van der Waals surface area contributed by atoms with Crippen molar-refractivity contribution in [1.29, 1.82) is 0 Å². The minimum atomic E-state index is 0.316. The van der Waals surface area contributed by atoms with Crippen molar-refractivity contribution in [3.8, 4) is 6.01 Å². The van der Waals surface area contributed by atoms with Crippen LogP contribution in [0, 0.1) is 5.92 Å². The van der Waals surface area contributed by atoms with E-state index in [-0.39, 0.29) is 0 Å². The lowest BCUT2D eigenvalue weighted by atomic mass is 10.0. The van der Waals surface area contributed by atoms with Gasteiger partial charge in [0.2, 0.25) is 11.9 Å². The second-order valence-corrected chi connectivity index (χ2v) is 4.79. The number of nitrogens with zero attached hydrogens (tertiary/aromatic N) is 3. The number of aromatic nitrogens is 3. The van der Waals surface area contributed by atoms with E-state index in [4.69, 9.17) is 4.74 Å². The largest absolute Gasteiger partial charge is 0.467 e. The van der Waals surface area contributed by atoms with E-state index in [9.17, 15) is 0 Å². The Hall–Kier alpha value is -1.59. The highest BCUT2D eigenvalue weighted by Crippen LogP contribution is 2.15. The second kappa shape index (κ2) is 7.76. The Morgan fingerprint density at radius 1 is 1.11 bits per heavy atom. The minimum absolute atomic E-state index is 0.316. The van der Waals surface area contributed by atoms with E-state index in [1.54, 1.807) is 7.11 Å². The van der Waals surface area contributed by atoms with Crippen LogP contribution >= 0.6 is 0 Å².